The summed E-state index contributed by atoms with van der Waals surface area (Å²) in [4.78, 5) is 1.26. The first-order valence-corrected chi connectivity index (χ1v) is 9.24. The van der Waals surface area contributed by atoms with Crippen LogP contribution in [0.3, 0.4) is 0 Å². The molecule has 1 fully saturated rings. The smallest absolute Gasteiger partial charge is 0.0390 e. The Bertz CT molecular complexity index is 610. The molecule has 1 aliphatic carbocycles. The lowest BCUT2D eigenvalue weighted by molar-refractivity contribution is 0.419. The lowest BCUT2D eigenvalue weighted by Gasteiger charge is -2.26. The third-order valence-corrected chi connectivity index (χ3v) is 5.75. The highest BCUT2D eigenvalue weighted by Crippen LogP contribution is 2.37. The summed E-state index contributed by atoms with van der Waals surface area (Å²) < 4.78 is 1.12. The molecule has 1 nitrogen and oxygen atoms in total. The van der Waals surface area contributed by atoms with Crippen LogP contribution in [0.25, 0.3) is 0 Å². The Labute approximate surface area is 139 Å². The maximum atomic E-state index is 6.38. The van der Waals surface area contributed by atoms with E-state index >= 15 is 0 Å². The van der Waals surface area contributed by atoms with E-state index in [-0.39, 0.29) is 6.04 Å². The summed E-state index contributed by atoms with van der Waals surface area (Å²) in [5.41, 5.74) is 9.12. The van der Waals surface area contributed by atoms with Crippen molar-refractivity contribution in [3.05, 3.63) is 64.1 Å². The minimum absolute atomic E-state index is 0.0917. The Morgan fingerprint density at radius 1 is 1.14 bits per heavy atom. The predicted octanol–water partition coefficient (Wildman–Crippen LogP) is 5.51. The summed E-state index contributed by atoms with van der Waals surface area (Å²) in [6, 6.07) is 17.4. The standard InChI is InChI=1S/C18H20BrNS/c19-16-8-3-9-17(11-16)21-12-18(20)15-7-2-6-14(10-15)13-4-1-5-13/h2-3,6-11,13,18H,1,4-5,12,20H2. The Hall–Kier alpha value is -0.770. The van der Waals surface area contributed by atoms with Gasteiger partial charge in [0.05, 0.1) is 0 Å². The lowest BCUT2D eigenvalue weighted by Crippen LogP contribution is -2.15. The largest absolute Gasteiger partial charge is 0.323 e. The number of thioether (sulfide) groups is 1. The van der Waals surface area contributed by atoms with Gasteiger partial charge in [-0.3, -0.25) is 0 Å². The zero-order valence-electron chi connectivity index (χ0n) is 12.0. The van der Waals surface area contributed by atoms with Crippen molar-refractivity contribution in [2.45, 2.75) is 36.1 Å². The third-order valence-electron chi connectivity index (χ3n) is 4.14. The van der Waals surface area contributed by atoms with E-state index in [0.717, 1.165) is 16.1 Å². The second-order valence-electron chi connectivity index (χ2n) is 5.67. The van der Waals surface area contributed by atoms with Gasteiger partial charge in [-0.05, 0) is 48.1 Å². The van der Waals surface area contributed by atoms with Gasteiger partial charge in [0.25, 0.3) is 0 Å². The van der Waals surface area contributed by atoms with Crippen LogP contribution in [-0.2, 0) is 0 Å². The molecule has 3 rings (SSSR count). The second kappa shape index (κ2) is 6.99. The molecule has 1 atom stereocenters. The van der Waals surface area contributed by atoms with Gasteiger partial charge in [-0.25, -0.2) is 0 Å². The van der Waals surface area contributed by atoms with Crippen LogP contribution in [0.2, 0.25) is 0 Å². The van der Waals surface area contributed by atoms with Crippen LogP contribution < -0.4 is 5.73 Å². The number of rotatable bonds is 5. The van der Waals surface area contributed by atoms with E-state index in [0.29, 0.717) is 0 Å². The van der Waals surface area contributed by atoms with Crippen molar-refractivity contribution < 1.29 is 0 Å². The Morgan fingerprint density at radius 2 is 1.95 bits per heavy atom. The van der Waals surface area contributed by atoms with E-state index in [2.05, 4.69) is 58.4 Å². The minimum atomic E-state index is 0.0917. The van der Waals surface area contributed by atoms with Crippen molar-refractivity contribution in [1.29, 1.82) is 0 Å². The van der Waals surface area contributed by atoms with Crippen molar-refractivity contribution >= 4 is 27.7 Å². The molecule has 2 N–H and O–H groups in total. The van der Waals surface area contributed by atoms with Gasteiger partial charge in [-0.2, -0.15) is 0 Å². The monoisotopic (exact) mass is 361 g/mol. The maximum absolute atomic E-state index is 6.38. The van der Waals surface area contributed by atoms with Gasteiger partial charge in [-0.15, -0.1) is 11.8 Å². The van der Waals surface area contributed by atoms with Crippen LogP contribution in [0.1, 0.15) is 42.3 Å². The second-order valence-corrected chi connectivity index (χ2v) is 7.68. The van der Waals surface area contributed by atoms with Crippen molar-refractivity contribution in [3.8, 4) is 0 Å². The van der Waals surface area contributed by atoms with Crippen LogP contribution in [-0.4, -0.2) is 5.75 Å². The van der Waals surface area contributed by atoms with Gasteiger partial charge in [0.1, 0.15) is 0 Å². The molecule has 0 saturated heterocycles. The molecule has 1 unspecified atom stereocenters. The third kappa shape index (κ3) is 3.91. The fourth-order valence-electron chi connectivity index (χ4n) is 2.62. The summed E-state index contributed by atoms with van der Waals surface area (Å²) in [5, 5.41) is 0. The number of hydrogen-bond donors (Lipinski definition) is 1. The molecule has 0 spiro atoms. The average Bonchev–Trinajstić information content (AvgIpc) is 2.43. The molecule has 0 heterocycles. The van der Waals surface area contributed by atoms with Gasteiger partial charge in [0.15, 0.2) is 0 Å². The zero-order valence-corrected chi connectivity index (χ0v) is 14.4. The molecule has 0 radical (unpaired) electrons. The summed E-state index contributed by atoms with van der Waals surface area (Å²) in [7, 11) is 0. The average molecular weight is 362 g/mol. The SMILES string of the molecule is NC(CSc1cccc(Br)c1)c1cccc(C2CCC2)c1. The van der Waals surface area contributed by atoms with Gasteiger partial charge >= 0.3 is 0 Å². The van der Waals surface area contributed by atoms with Crippen molar-refractivity contribution in [1.82, 2.24) is 0 Å². The molecule has 0 aromatic heterocycles. The zero-order chi connectivity index (χ0) is 14.7. The molecule has 1 saturated carbocycles. The molecule has 0 amide bonds. The van der Waals surface area contributed by atoms with E-state index < -0.39 is 0 Å². The highest BCUT2D eigenvalue weighted by atomic mass is 79.9. The van der Waals surface area contributed by atoms with E-state index in [4.69, 9.17) is 5.73 Å². The first kappa shape index (κ1) is 15.1. The number of benzene rings is 2. The molecule has 21 heavy (non-hydrogen) atoms. The fraction of sp³-hybridized carbons (Fsp3) is 0.333. The first-order chi connectivity index (χ1) is 10.2. The fourth-order valence-corrected chi connectivity index (χ4v) is 4.12. The van der Waals surface area contributed by atoms with Gasteiger partial charge in [-0.1, -0.05) is 52.7 Å². The number of hydrogen-bond acceptors (Lipinski definition) is 2. The summed E-state index contributed by atoms with van der Waals surface area (Å²) in [6.45, 7) is 0. The first-order valence-electron chi connectivity index (χ1n) is 7.46. The topological polar surface area (TPSA) is 26.0 Å². The Kier molecular flexibility index (Phi) is 5.04. The Morgan fingerprint density at radius 3 is 2.67 bits per heavy atom. The predicted molar refractivity (Wildman–Crippen MR) is 94.8 cm³/mol. The van der Waals surface area contributed by atoms with E-state index in [9.17, 15) is 0 Å². The molecule has 110 valence electrons. The van der Waals surface area contributed by atoms with Crippen LogP contribution >= 0.6 is 27.7 Å². The summed E-state index contributed by atoms with van der Waals surface area (Å²) >= 11 is 5.33. The Balaban J connectivity index is 1.63. The molecule has 2 aromatic carbocycles. The normalized spacial score (nSPS) is 16.5. The van der Waals surface area contributed by atoms with Gasteiger partial charge in [0, 0.05) is 21.2 Å². The number of halogens is 1. The quantitative estimate of drug-likeness (QED) is 0.710. The van der Waals surface area contributed by atoms with Crippen molar-refractivity contribution in [2.75, 3.05) is 5.75 Å². The highest BCUT2D eigenvalue weighted by Gasteiger charge is 2.20. The van der Waals surface area contributed by atoms with Crippen molar-refractivity contribution in [2.24, 2.45) is 5.73 Å². The van der Waals surface area contributed by atoms with Gasteiger partial charge in [0.2, 0.25) is 0 Å². The molecular weight excluding hydrogens is 342 g/mol. The van der Waals surface area contributed by atoms with E-state index in [1.807, 2.05) is 17.8 Å². The highest BCUT2D eigenvalue weighted by molar-refractivity contribution is 9.10. The molecular formula is C18H20BrNS. The van der Waals surface area contributed by atoms with Crippen LogP contribution in [0.15, 0.2) is 57.9 Å². The summed E-state index contributed by atoms with van der Waals surface area (Å²) in [6.07, 6.45) is 4.05. The molecule has 3 heteroatoms. The van der Waals surface area contributed by atoms with Crippen LogP contribution in [0.4, 0.5) is 0 Å². The molecule has 0 aliphatic heterocycles. The van der Waals surface area contributed by atoms with Crippen molar-refractivity contribution in [3.63, 3.8) is 0 Å². The lowest BCUT2D eigenvalue weighted by atomic mass is 9.79. The molecule has 2 aromatic rings. The minimum Gasteiger partial charge on any atom is -0.323 e. The van der Waals surface area contributed by atoms with E-state index in [1.165, 1.54) is 35.3 Å². The van der Waals surface area contributed by atoms with Crippen LogP contribution in [0.5, 0.6) is 0 Å². The molecule has 0 bridgehead atoms. The van der Waals surface area contributed by atoms with E-state index in [1.54, 1.807) is 0 Å². The van der Waals surface area contributed by atoms with Crippen LogP contribution in [0, 0.1) is 0 Å². The number of nitrogens with two attached hydrogens (primary N) is 1. The molecule has 1 aliphatic rings. The summed E-state index contributed by atoms with van der Waals surface area (Å²) in [5.74, 6) is 1.68. The maximum Gasteiger partial charge on any atom is 0.0390 e. The van der Waals surface area contributed by atoms with Gasteiger partial charge < -0.3 is 5.73 Å².